The van der Waals surface area contributed by atoms with Crippen molar-refractivity contribution >= 4 is 28.6 Å². The molecular formula is C22H23FN4OS. The van der Waals surface area contributed by atoms with Gasteiger partial charge in [0.2, 0.25) is 0 Å². The zero-order chi connectivity index (χ0) is 20.2. The second-order valence-corrected chi connectivity index (χ2v) is 8.13. The maximum Gasteiger partial charge on any atom is 0.275 e. The Morgan fingerprint density at radius 2 is 1.90 bits per heavy atom. The van der Waals surface area contributed by atoms with E-state index in [4.69, 9.17) is 0 Å². The number of hydrogen-bond donors (Lipinski definition) is 1. The molecule has 1 fully saturated rings. The van der Waals surface area contributed by atoms with Gasteiger partial charge in [0.1, 0.15) is 16.5 Å². The van der Waals surface area contributed by atoms with Crippen LogP contribution in [-0.2, 0) is 6.54 Å². The van der Waals surface area contributed by atoms with Gasteiger partial charge < -0.3 is 10.2 Å². The first-order chi connectivity index (χ1) is 14.1. The Hall–Kier alpha value is -2.77. The van der Waals surface area contributed by atoms with Gasteiger partial charge in [0, 0.05) is 42.9 Å². The fourth-order valence-corrected chi connectivity index (χ4v) is 4.23. The number of piperazine rings is 1. The molecule has 1 aromatic heterocycles. The van der Waals surface area contributed by atoms with Gasteiger partial charge >= 0.3 is 0 Å². The predicted molar refractivity (Wildman–Crippen MR) is 115 cm³/mol. The van der Waals surface area contributed by atoms with Crippen molar-refractivity contribution in [2.24, 2.45) is 0 Å². The van der Waals surface area contributed by atoms with Gasteiger partial charge in [-0.1, -0.05) is 12.1 Å². The number of rotatable bonds is 5. The molecule has 2 heterocycles. The molecule has 29 heavy (non-hydrogen) atoms. The third kappa shape index (κ3) is 4.99. The van der Waals surface area contributed by atoms with Crippen LogP contribution >= 0.6 is 11.3 Å². The first-order valence-electron chi connectivity index (χ1n) is 9.62. The summed E-state index contributed by atoms with van der Waals surface area (Å²) in [5, 5.41) is 5.66. The van der Waals surface area contributed by atoms with Crippen LogP contribution in [0.2, 0.25) is 0 Å². The smallest absolute Gasteiger partial charge is 0.275 e. The molecule has 1 aliphatic rings. The van der Waals surface area contributed by atoms with Crippen LogP contribution in [0.5, 0.6) is 0 Å². The highest BCUT2D eigenvalue weighted by Crippen LogP contribution is 2.19. The number of thiazole rings is 1. The second-order valence-electron chi connectivity index (χ2n) is 7.19. The van der Waals surface area contributed by atoms with Crippen LogP contribution in [0.3, 0.4) is 0 Å². The first kappa shape index (κ1) is 19.5. The van der Waals surface area contributed by atoms with Crippen molar-refractivity contribution in [3.8, 4) is 0 Å². The molecule has 0 aliphatic carbocycles. The number of aromatic nitrogens is 1. The summed E-state index contributed by atoms with van der Waals surface area (Å²) < 4.78 is 13.1. The summed E-state index contributed by atoms with van der Waals surface area (Å²) >= 11 is 1.52. The van der Waals surface area contributed by atoms with E-state index in [0.29, 0.717) is 5.69 Å². The van der Waals surface area contributed by atoms with Crippen LogP contribution < -0.4 is 10.2 Å². The van der Waals surface area contributed by atoms with Crippen LogP contribution in [-0.4, -0.2) is 42.0 Å². The van der Waals surface area contributed by atoms with Gasteiger partial charge in [-0.25, -0.2) is 9.37 Å². The lowest BCUT2D eigenvalue weighted by Gasteiger charge is -2.35. The Kier molecular flexibility index (Phi) is 5.87. The maximum atomic E-state index is 13.1. The highest BCUT2D eigenvalue weighted by molar-refractivity contribution is 7.09. The van der Waals surface area contributed by atoms with Gasteiger partial charge in [-0.2, -0.15) is 0 Å². The number of carbonyl (C=O) groups excluding carboxylic acids is 1. The average molecular weight is 411 g/mol. The van der Waals surface area contributed by atoms with Gasteiger partial charge in [-0.15, -0.1) is 11.3 Å². The van der Waals surface area contributed by atoms with Crippen LogP contribution in [0.4, 0.5) is 15.8 Å². The molecule has 1 N–H and O–H groups in total. The number of hydrogen-bond acceptors (Lipinski definition) is 5. The third-order valence-corrected chi connectivity index (χ3v) is 5.82. The zero-order valence-corrected chi connectivity index (χ0v) is 17.1. The van der Waals surface area contributed by atoms with E-state index in [0.717, 1.165) is 54.7 Å². The molecule has 1 saturated heterocycles. The molecule has 1 aliphatic heterocycles. The van der Waals surface area contributed by atoms with E-state index in [1.165, 1.54) is 23.5 Å². The van der Waals surface area contributed by atoms with Gasteiger partial charge in [-0.05, 0) is 48.9 Å². The topological polar surface area (TPSA) is 48.5 Å². The number of anilines is 2. The molecule has 0 unspecified atom stereocenters. The van der Waals surface area contributed by atoms with Gasteiger partial charge in [0.05, 0.1) is 6.54 Å². The number of nitrogens with zero attached hydrogens (tertiary/aromatic N) is 3. The molecule has 5 nitrogen and oxygen atoms in total. The van der Waals surface area contributed by atoms with Crippen molar-refractivity contribution in [1.82, 2.24) is 9.88 Å². The van der Waals surface area contributed by atoms with Gasteiger partial charge in [-0.3, -0.25) is 9.69 Å². The van der Waals surface area contributed by atoms with E-state index >= 15 is 0 Å². The monoisotopic (exact) mass is 410 g/mol. The van der Waals surface area contributed by atoms with Crippen molar-refractivity contribution in [1.29, 1.82) is 0 Å². The van der Waals surface area contributed by atoms with Crippen LogP contribution in [0, 0.1) is 12.7 Å². The molecular weight excluding hydrogens is 387 g/mol. The summed E-state index contributed by atoms with van der Waals surface area (Å²) in [6.45, 7) is 6.31. The Morgan fingerprint density at radius 3 is 2.62 bits per heavy atom. The van der Waals surface area contributed by atoms with Gasteiger partial charge in [0.15, 0.2) is 0 Å². The molecule has 0 atom stereocenters. The molecule has 1 amide bonds. The quantitative estimate of drug-likeness (QED) is 0.686. The number of carbonyl (C=O) groups is 1. The summed E-state index contributed by atoms with van der Waals surface area (Å²) in [4.78, 5) is 21.6. The summed E-state index contributed by atoms with van der Waals surface area (Å²) in [7, 11) is 0. The van der Waals surface area contributed by atoms with E-state index in [9.17, 15) is 9.18 Å². The number of amides is 1. The van der Waals surface area contributed by atoms with Crippen molar-refractivity contribution in [2.45, 2.75) is 13.5 Å². The fraction of sp³-hybridized carbons (Fsp3) is 0.273. The highest BCUT2D eigenvalue weighted by Gasteiger charge is 2.19. The summed E-state index contributed by atoms with van der Waals surface area (Å²) in [5.41, 5.74) is 3.38. The van der Waals surface area contributed by atoms with Crippen LogP contribution in [0.25, 0.3) is 0 Å². The number of nitrogens with one attached hydrogen (secondary N) is 1. The Balaban J connectivity index is 1.30. The fourth-order valence-electron chi connectivity index (χ4n) is 3.41. The first-order valence-corrected chi connectivity index (χ1v) is 10.5. The Labute approximate surface area is 173 Å². The molecule has 0 saturated carbocycles. The largest absolute Gasteiger partial charge is 0.369 e. The Morgan fingerprint density at radius 1 is 1.14 bits per heavy atom. The number of halogens is 1. The minimum absolute atomic E-state index is 0.181. The van der Waals surface area contributed by atoms with Crippen molar-refractivity contribution in [2.75, 3.05) is 36.4 Å². The third-order valence-electron chi connectivity index (χ3n) is 4.98. The lowest BCUT2D eigenvalue weighted by atomic mass is 10.2. The summed E-state index contributed by atoms with van der Waals surface area (Å²) in [6.07, 6.45) is 0. The van der Waals surface area contributed by atoms with E-state index in [1.807, 2.05) is 48.7 Å². The zero-order valence-electron chi connectivity index (χ0n) is 16.3. The van der Waals surface area contributed by atoms with E-state index in [2.05, 4.69) is 20.1 Å². The molecule has 2 aromatic carbocycles. The van der Waals surface area contributed by atoms with E-state index in [-0.39, 0.29) is 11.7 Å². The minimum atomic E-state index is -0.210. The van der Waals surface area contributed by atoms with Gasteiger partial charge in [0.25, 0.3) is 5.91 Å². The van der Waals surface area contributed by atoms with Crippen molar-refractivity contribution in [3.05, 3.63) is 76.0 Å². The molecule has 0 spiro atoms. The number of aryl methyl sites for hydroxylation is 1. The van der Waals surface area contributed by atoms with Crippen LogP contribution in [0.1, 0.15) is 21.1 Å². The SMILES string of the molecule is Cc1cccc(NC(=O)c2csc(CN3CCN(c4ccc(F)cc4)CC3)n2)c1. The van der Waals surface area contributed by atoms with Crippen molar-refractivity contribution < 1.29 is 9.18 Å². The molecule has 3 aromatic rings. The Bertz CT molecular complexity index is 980. The predicted octanol–water partition coefficient (Wildman–Crippen LogP) is 4.17. The maximum absolute atomic E-state index is 13.1. The lowest BCUT2D eigenvalue weighted by Crippen LogP contribution is -2.45. The minimum Gasteiger partial charge on any atom is -0.369 e. The van der Waals surface area contributed by atoms with Crippen molar-refractivity contribution in [3.63, 3.8) is 0 Å². The summed E-state index contributed by atoms with van der Waals surface area (Å²) in [6, 6.07) is 14.4. The van der Waals surface area contributed by atoms with E-state index in [1.54, 1.807) is 0 Å². The molecule has 150 valence electrons. The molecule has 0 radical (unpaired) electrons. The second kappa shape index (κ2) is 8.71. The standard InChI is InChI=1S/C22H23FN4OS/c1-16-3-2-4-18(13-16)24-22(28)20-15-29-21(25-20)14-26-9-11-27(12-10-26)19-7-5-17(23)6-8-19/h2-8,13,15H,9-12,14H2,1H3,(H,24,28). The summed E-state index contributed by atoms with van der Waals surface area (Å²) in [5.74, 6) is -0.391. The highest BCUT2D eigenvalue weighted by atomic mass is 32.1. The molecule has 7 heteroatoms. The lowest BCUT2D eigenvalue weighted by molar-refractivity contribution is 0.102. The molecule has 0 bridgehead atoms. The molecule has 4 rings (SSSR count). The average Bonchev–Trinajstić information content (AvgIpc) is 3.18. The normalized spacial score (nSPS) is 14.8. The van der Waals surface area contributed by atoms with E-state index < -0.39 is 0 Å². The van der Waals surface area contributed by atoms with Crippen LogP contribution in [0.15, 0.2) is 53.9 Å². The number of benzene rings is 2.